The number of hydrogen-bond acceptors (Lipinski definition) is 2. The molecule has 2 heteroatoms. The first-order valence-corrected chi connectivity index (χ1v) is 5.76. The second kappa shape index (κ2) is 5.67. The first kappa shape index (κ1) is 12.7. The molecule has 0 saturated heterocycles. The van der Waals surface area contributed by atoms with E-state index in [1.54, 1.807) is 0 Å². The van der Waals surface area contributed by atoms with Crippen LogP contribution >= 0.6 is 0 Å². The molecule has 0 radical (unpaired) electrons. The summed E-state index contributed by atoms with van der Waals surface area (Å²) in [6.07, 6.45) is 1.15. The average molecular weight is 216 g/mol. The Morgan fingerprint density at radius 1 is 1.19 bits per heavy atom. The highest BCUT2D eigenvalue weighted by atomic mass is 15.1. The molecule has 0 saturated carbocycles. The molecule has 1 aromatic carbocycles. The number of hydrogen-bond donors (Lipinski definition) is 0. The second-order valence-electron chi connectivity index (χ2n) is 4.47. The van der Waals surface area contributed by atoms with Crippen LogP contribution in [-0.4, -0.2) is 19.0 Å². The molecular weight excluding hydrogens is 196 g/mol. The Morgan fingerprint density at radius 2 is 1.69 bits per heavy atom. The van der Waals surface area contributed by atoms with E-state index in [9.17, 15) is 0 Å². The van der Waals surface area contributed by atoms with Gasteiger partial charge in [0.15, 0.2) is 0 Å². The third kappa shape index (κ3) is 2.84. The molecule has 0 aromatic heterocycles. The van der Waals surface area contributed by atoms with Gasteiger partial charge in [0.05, 0.1) is 6.07 Å². The molecule has 0 spiro atoms. The lowest BCUT2D eigenvalue weighted by Crippen LogP contribution is -2.18. The van der Waals surface area contributed by atoms with Gasteiger partial charge in [-0.05, 0) is 37.6 Å². The van der Waals surface area contributed by atoms with Crippen molar-refractivity contribution in [3.05, 3.63) is 35.4 Å². The maximum absolute atomic E-state index is 9.08. The van der Waals surface area contributed by atoms with E-state index in [1.807, 2.05) is 19.0 Å². The summed E-state index contributed by atoms with van der Waals surface area (Å²) in [6.45, 7) is 4.42. The first-order chi connectivity index (χ1) is 7.60. The SMILES string of the molecule is CCC(C)c1ccc(C(C#N)N(C)C)cc1. The Kier molecular flexibility index (Phi) is 4.52. The van der Waals surface area contributed by atoms with Gasteiger partial charge in [-0.15, -0.1) is 0 Å². The Hall–Kier alpha value is -1.33. The van der Waals surface area contributed by atoms with Crippen LogP contribution in [0.5, 0.6) is 0 Å². The molecule has 2 atom stereocenters. The highest BCUT2D eigenvalue weighted by Crippen LogP contribution is 2.22. The van der Waals surface area contributed by atoms with Crippen LogP contribution in [0.4, 0.5) is 0 Å². The van der Waals surface area contributed by atoms with Gasteiger partial charge in [0, 0.05) is 0 Å². The van der Waals surface area contributed by atoms with Crippen molar-refractivity contribution < 1.29 is 0 Å². The first-order valence-electron chi connectivity index (χ1n) is 5.76. The van der Waals surface area contributed by atoms with Gasteiger partial charge in [-0.1, -0.05) is 38.1 Å². The van der Waals surface area contributed by atoms with Gasteiger partial charge in [-0.25, -0.2) is 0 Å². The van der Waals surface area contributed by atoms with Gasteiger partial charge in [-0.2, -0.15) is 5.26 Å². The lowest BCUT2D eigenvalue weighted by molar-refractivity contribution is 0.358. The zero-order chi connectivity index (χ0) is 12.1. The monoisotopic (exact) mass is 216 g/mol. The van der Waals surface area contributed by atoms with Crippen molar-refractivity contribution in [2.75, 3.05) is 14.1 Å². The lowest BCUT2D eigenvalue weighted by atomic mass is 9.96. The third-order valence-electron chi connectivity index (χ3n) is 3.07. The standard InChI is InChI=1S/C14H20N2/c1-5-11(2)12-6-8-13(9-7-12)14(10-15)16(3)4/h6-9,11,14H,5H2,1-4H3. The summed E-state index contributed by atoms with van der Waals surface area (Å²) in [7, 11) is 3.85. The largest absolute Gasteiger partial charge is 0.291 e. The van der Waals surface area contributed by atoms with Crippen LogP contribution in [0.1, 0.15) is 43.4 Å². The molecule has 0 amide bonds. The second-order valence-corrected chi connectivity index (χ2v) is 4.47. The van der Waals surface area contributed by atoms with Crippen LogP contribution in [0, 0.1) is 11.3 Å². The van der Waals surface area contributed by atoms with Crippen molar-refractivity contribution in [1.29, 1.82) is 5.26 Å². The third-order valence-corrected chi connectivity index (χ3v) is 3.07. The van der Waals surface area contributed by atoms with E-state index in [1.165, 1.54) is 5.56 Å². The predicted octanol–water partition coefficient (Wildman–Crippen LogP) is 3.33. The van der Waals surface area contributed by atoms with Gasteiger partial charge in [0.25, 0.3) is 0 Å². The number of benzene rings is 1. The summed E-state index contributed by atoms with van der Waals surface area (Å²) in [5.74, 6) is 0.592. The van der Waals surface area contributed by atoms with Crippen LogP contribution < -0.4 is 0 Å². The molecule has 16 heavy (non-hydrogen) atoms. The number of rotatable bonds is 4. The van der Waals surface area contributed by atoms with E-state index in [0.717, 1.165) is 12.0 Å². The summed E-state index contributed by atoms with van der Waals surface area (Å²) >= 11 is 0. The van der Waals surface area contributed by atoms with Crippen molar-refractivity contribution in [3.63, 3.8) is 0 Å². The Morgan fingerprint density at radius 3 is 2.06 bits per heavy atom. The summed E-state index contributed by atoms with van der Waals surface area (Å²) in [6, 6.07) is 10.6. The molecule has 0 aliphatic heterocycles. The molecule has 86 valence electrons. The Labute approximate surface area is 98.5 Å². The van der Waals surface area contributed by atoms with Crippen LogP contribution in [0.25, 0.3) is 0 Å². The molecule has 0 aliphatic carbocycles. The Balaban J connectivity index is 2.90. The zero-order valence-electron chi connectivity index (χ0n) is 10.6. The van der Waals surface area contributed by atoms with Crippen LogP contribution in [0.15, 0.2) is 24.3 Å². The molecule has 0 bridgehead atoms. The van der Waals surface area contributed by atoms with E-state index >= 15 is 0 Å². The normalized spacial score (nSPS) is 14.5. The van der Waals surface area contributed by atoms with Crippen molar-refractivity contribution in [2.24, 2.45) is 0 Å². The van der Waals surface area contributed by atoms with E-state index in [2.05, 4.69) is 44.2 Å². The number of nitriles is 1. The summed E-state index contributed by atoms with van der Waals surface area (Å²) in [5, 5.41) is 9.08. The summed E-state index contributed by atoms with van der Waals surface area (Å²) in [5.41, 5.74) is 2.42. The molecule has 0 heterocycles. The molecule has 0 fully saturated rings. The molecule has 0 N–H and O–H groups in total. The van der Waals surface area contributed by atoms with Crippen molar-refractivity contribution >= 4 is 0 Å². The fraction of sp³-hybridized carbons (Fsp3) is 0.500. The lowest BCUT2D eigenvalue weighted by Gasteiger charge is -2.18. The van der Waals surface area contributed by atoms with Gasteiger partial charge >= 0.3 is 0 Å². The molecule has 1 aromatic rings. The highest BCUT2D eigenvalue weighted by molar-refractivity contribution is 5.29. The summed E-state index contributed by atoms with van der Waals surface area (Å²) < 4.78 is 0. The van der Waals surface area contributed by atoms with Crippen LogP contribution in [-0.2, 0) is 0 Å². The van der Waals surface area contributed by atoms with E-state index in [0.29, 0.717) is 5.92 Å². The maximum atomic E-state index is 9.08. The van der Waals surface area contributed by atoms with Crippen molar-refractivity contribution in [3.8, 4) is 6.07 Å². The minimum absolute atomic E-state index is 0.147. The highest BCUT2D eigenvalue weighted by Gasteiger charge is 2.12. The topological polar surface area (TPSA) is 27.0 Å². The van der Waals surface area contributed by atoms with Gasteiger partial charge in [0.1, 0.15) is 6.04 Å². The molecule has 0 aliphatic rings. The van der Waals surface area contributed by atoms with Crippen molar-refractivity contribution in [1.82, 2.24) is 4.90 Å². The minimum atomic E-state index is -0.147. The van der Waals surface area contributed by atoms with E-state index < -0.39 is 0 Å². The molecule has 2 nitrogen and oxygen atoms in total. The van der Waals surface area contributed by atoms with Gasteiger partial charge in [0.2, 0.25) is 0 Å². The molecular formula is C14H20N2. The summed E-state index contributed by atoms with van der Waals surface area (Å²) in [4.78, 5) is 1.93. The Bertz CT molecular complexity index is 359. The smallest absolute Gasteiger partial charge is 0.123 e. The van der Waals surface area contributed by atoms with Gasteiger partial charge < -0.3 is 0 Å². The zero-order valence-corrected chi connectivity index (χ0v) is 10.6. The van der Waals surface area contributed by atoms with Crippen molar-refractivity contribution in [2.45, 2.75) is 32.2 Å². The van der Waals surface area contributed by atoms with E-state index in [4.69, 9.17) is 5.26 Å². The van der Waals surface area contributed by atoms with Gasteiger partial charge in [-0.3, -0.25) is 4.90 Å². The number of nitrogens with zero attached hydrogens (tertiary/aromatic N) is 2. The predicted molar refractivity (Wildman–Crippen MR) is 67.2 cm³/mol. The fourth-order valence-corrected chi connectivity index (χ4v) is 1.73. The van der Waals surface area contributed by atoms with E-state index in [-0.39, 0.29) is 6.04 Å². The van der Waals surface area contributed by atoms with Crippen LogP contribution in [0.3, 0.4) is 0 Å². The molecule has 2 unspecified atom stereocenters. The minimum Gasteiger partial charge on any atom is -0.291 e. The molecule has 1 rings (SSSR count). The fourth-order valence-electron chi connectivity index (χ4n) is 1.73. The quantitative estimate of drug-likeness (QED) is 0.772. The maximum Gasteiger partial charge on any atom is 0.123 e. The van der Waals surface area contributed by atoms with Crippen LogP contribution in [0.2, 0.25) is 0 Å². The average Bonchev–Trinajstić information content (AvgIpc) is 2.29.